The molecule has 0 atom stereocenters. The summed E-state index contributed by atoms with van der Waals surface area (Å²) in [5.74, 6) is -0.555. The number of hydrogen-bond acceptors (Lipinski definition) is 3. The van der Waals surface area contributed by atoms with Crippen molar-refractivity contribution < 1.29 is 9.18 Å². The summed E-state index contributed by atoms with van der Waals surface area (Å²) in [4.78, 5) is 16.4. The standard InChI is InChI=1S/C22H25ClFN3O/c1-13(2)22(28)25-20-12-27-9-8-26(16(5)21(27)15(4)14(20)3)11-17-6-7-19(24)18(23)10-17/h6-7,10,12-13H,3,5,8-9,11H2,1-2,4H3,(H,25,28). The van der Waals surface area contributed by atoms with Crippen LogP contribution in [0.4, 0.5) is 4.39 Å². The summed E-state index contributed by atoms with van der Waals surface area (Å²) < 4.78 is 13.4. The second-order valence-electron chi connectivity index (χ2n) is 7.45. The number of hydrogen-bond donors (Lipinski definition) is 1. The number of nitrogens with zero attached hydrogens (tertiary/aromatic N) is 2. The number of nitrogens with one attached hydrogen (secondary N) is 1. The van der Waals surface area contributed by atoms with E-state index in [1.807, 2.05) is 27.0 Å². The normalized spacial score (nSPS) is 17.1. The van der Waals surface area contributed by atoms with Crippen molar-refractivity contribution in [2.24, 2.45) is 5.92 Å². The molecule has 1 saturated heterocycles. The Bertz CT molecular complexity index is 916. The first-order valence-electron chi connectivity index (χ1n) is 9.27. The van der Waals surface area contributed by atoms with Crippen LogP contribution in [-0.4, -0.2) is 28.8 Å². The van der Waals surface area contributed by atoms with E-state index in [-0.39, 0.29) is 16.8 Å². The molecule has 2 aliphatic rings. The molecule has 0 aliphatic carbocycles. The fraction of sp³-hybridized carbons (Fsp3) is 0.318. The van der Waals surface area contributed by atoms with Gasteiger partial charge in [0.15, 0.2) is 0 Å². The predicted octanol–water partition coefficient (Wildman–Crippen LogP) is 4.57. The van der Waals surface area contributed by atoms with Crippen molar-refractivity contribution in [2.45, 2.75) is 27.3 Å². The molecular formula is C22H25ClFN3O. The lowest BCUT2D eigenvalue weighted by Gasteiger charge is -2.43. The lowest BCUT2D eigenvalue weighted by molar-refractivity contribution is -0.123. The molecule has 1 amide bonds. The number of rotatable bonds is 4. The molecule has 0 unspecified atom stereocenters. The fourth-order valence-corrected chi connectivity index (χ4v) is 3.55. The molecule has 0 bridgehead atoms. The van der Waals surface area contributed by atoms with Crippen molar-refractivity contribution in [3.05, 3.63) is 82.2 Å². The molecule has 2 heterocycles. The van der Waals surface area contributed by atoms with E-state index in [4.69, 9.17) is 11.6 Å². The van der Waals surface area contributed by atoms with Crippen molar-refractivity contribution in [3.8, 4) is 0 Å². The Morgan fingerprint density at radius 3 is 2.68 bits per heavy atom. The van der Waals surface area contributed by atoms with Gasteiger partial charge in [-0.3, -0.25) is 4.79 Å². The summed E-state index contributed by atoms with van der Waals surface area (Å²) in [6.45, 7) is 16.2. The molecule has 6 heteroatoms. The molecule has 4 nitrogen and oxygen atoms in total. The molecule has 28 heavy (non-hydrogen) atoms. The molecule has 148 valence electrons. The molecular weight excluding hydrogens is 377 g/mol. The second-order valence-corrected chi connectivity index (χ2v) is 7.86. The van der Waals surface area contributed by atoms with Crippen LogP contribution in [0, 0.1) is 11.7 Å². The highest BCUT2D eigenvalue weighted by Gasteiger charge is 2.30. The Morgan fingerprint density at radius 1 is 1.32 bits per heavy atom. The van der Waals surface area contributed by atoms with E-state index in [0.29, 0.717) is 6.54 Å². The van der Waals surface area contributed by atoms with Gasteiger partial charge in [-0.05, 0) is 35.8 Å². The minimum Gasteiger partial charge on any atom is -0.364 e. The number of amides is 1. The zero-order chi connectivity index (χ0) is 20.6. The van der Waals surface area contributed by atoms with E-state index in [2.05, 4.69) is 28.3 Å². The Balaban J connectivity index is 1.80. The van der Waals surface area contributed by atoms with Crippen LogP contribution in [0.15, 0.2) is 65.8 Å². The van der Waals surface area contributed by atoms with E-state index in [9.17, 15) is 9.18 Å². The molecule has 1 N–H and O–H groups in total. The molecule has 1 fully saturated rings. The predicted molar refractivity (Wildman–Crippen MR) is 111 cm³/mol. The molecule has 0 saturated carbocycles. The van der Waals surface area contributed by atoms with Crippen LogP contribution in [0.1, 0.15) is 26.3 Å². The second kappa shape index (κ2) is 7.84. The van der Waals surface area contributed by atoms with Gasteiger partial charge in [0.1, 0.15) is 5.82 Å². The monoisotopic (exact) mass is 401 g/mol. The number of allylic oxidation sites excluding steroid dienone is 1. The van der Waals surface area contributed by atoms with E-state index in [1.54, 1.807) is 12.1 Å². The van der Waals surface area contributed by atoms with E-state index in [0.717, 1.165) is 46.9 Å². The van der Waals surface area contributed by atoms with Crippen molar-refractivity contribution in [1.29, 1.82) is 0 Å². The lowest BCUT2D eigenvalue weighted by atomic mass is 9.96. The van der Waals surface area contributed by atoms with E-state index >= 15 is 0 Å². The maximum absolute atomic E-state index is 13.4. The first kappa shape index (κ1) is 20.2. The average Bonchev–Trinajstić information content (AvgIpc) is 2.64. The highest BCUT2D eigenvalue weighted by Crippen LogP contribution is 2.35. The number of fused-ring (bicyclic) bond motifs is 1. The fourth-order valence-electron chi connectivity index (χ4n) is 3.35. The first-order valence-corrected chi connectivity index (χ1v) is 9.64. The molecule has 2 aliphatic heterocycles. The summed E-state index contributed by atoms with van der Waals surface area (Å²) in [6.07, 6.45) is 1.93. The Hall–Kier alpha value is -2.53. The molecule has 1 aromatic carbocycles. The van der Waals surface area contributed by atoms with Gasteiger partial charge in [-0.2, -0.15) is 0 Å². The van der Waals surface area contributed by atoms with Crippen molar-refractivity contribution in [2.75, 3.05) is 13.1 Å². The van der Waals surface area contributed by atoms with Crippen LogP contribution >= 0.6 is 11.6 Å². The Labute approximate surface area is 170 Å². The zero-order valence-corrected chi connectivity index (χ0v) is 17.2. The summed E-state index contributed by atoms with van der Waals surface area (Å²) >= 11 is 5.91. The van der Waals surface area contributed by atoms with Gasteiger partial charge in [-0.1, -0.05) is 44.7 Å². The summed E-state index contributed by atoms with van der Waals surface area (Å²) in [6, 6.07) is 4.77. The number of piperazine rings is 1. The third kappa shape index (κ3) is 3.85. The highest BCUT2D eigenvalue weighted by atomic mass is 35.5. The molecule has 0 spiro atoms. The quantitative estimate of drug-likeness (QED) is 0.802. The maximum Gasteiger partial charge on any atom is 0.226 e. The number of benzene rings is 1. The number of carbonyl (C=O) groups excluding carboxylic acids is 1. The van der Waals surface area contributed by atoms with Crippen molar-refractivity contribution in [1.82, 2.24) is 15.1 Å². The van der Waals surface area contributed by atoms with Crippen molar-refractivity contribution >= 4 is 17.5 Å². The summed E-state index contributed by atoms with van der Waals surface area (Å²) in [7, 11) is 0. The highest BCUT2D eigenvalue weighted by molar-refractivity contribution is 6.30. The molecule has 1 aromatic rings. The minimum absolute atomic E-state index is 0.0331. The first-order chi connectivity index (χ1) is 13.2. The van der Waals surface area contributed by atoms with E-state index in [1.165, 1.54) is 6.07 Å². The van der Waals surface area contributed by atoms with Gasteiger partial charge in [0.05, 0.1) is 22.1 Å². The lowest BCUT2D eigenvalue weighted by Crippen LogP contribution is -2.43. The average molecular weight is 402 g/mol. The van der Waals surface area contributed by atoms with Crippen LogP contribution in [-0.2, 0) is 11.3 Å². The smallest absolute Gasteiger partial charge is 0.226 e. The van der Waals surface area contributed by atoms with Crippen LogP contribution in [0.5, 0.6) is 0 Å². The third-order valence-corrected chi connectivity index (χ3v) is 5.40. The van der Waals surface area contributed by atoms with Crippen molar-refractivity contribution in [3.63, 3.8) is 0 Å². The van der Waals surface area contributed by atoms with E-state index < -0.39 is 5.82 Å². The van der Waals surface area contributed by atoms with Gasteiger partial charge in [-0.15, -0.1) is 0 Å². The van der Waals surface area contributed by atoms with Crippen LogP contribution in [0.3, 0.4) is 0 Å². The summed E-state index contributed by atoms with van der Waals surface area (Å²) in [5.41, 5.74) is 5.28. The number of carbonyl (C=O) groups is 1. The van der Waals surface area contributed by atoms with Gasteiger partial charge in [-0.25, -0.2) is 4.39 Å². The summed E-state index contributed by atoms with van der Waals surface area (Å²) in [5, 5.41) is 3.08. The van der Waals surface area contributed by atoms with Gasteiger partial charge >= 0.3 is 0 Å². The zero-order valence-electron chi connectivity index (χ0n) is 16.5. The topological polar surface area (TPSA) is 35.6 Å². The van der Waals surface area contributed by atoms with Gasteiger partial charge in [0, 0.05) is 31.8 Å². The Morgan fingerprint density at radius 2 is 2.04 bits per heavy atom. The minimum atomic E-state index is -0.419. The van der Waals surface area contributed by atoms with Gasteiger partial charge in [0.2, 0.25) is 5.91 Å². The van der Waals surface area contributed by atoms with Gasteiger partial charge in [0.25, 0.3) is 0 Å². The number of halogens is 2. The molecule has 0 aromatic heterocycles. The van der Waals surface area contributed by atoms with Crippen LogP contribution in [0.2, 0.25) is 5.02 Å². The molecule has 0 radical (unpaired) electrons. The Kier molecular flexibility index (Phi) is 5.66. The molecule has 3 rings (SSSR count). The SMILES string of the molecule is C=C1C(NC(=O)C(C)C)=CN2CCN(Cc3ccc(F)c(Cl)c3)C(=C)C2=C1C. The van der Waals surface area contributed by atoms with Crippen LogP contribution in [0.25, 0.3) is 0 Å². The maximum atomic E-state index is 13.4. The van der Waals surface area contributed by atoms with Crippen LogP contribution < -0.4 is 5.32 Å². The largest absolute Gasteiger partial charge is 0.364 e. The van der Waals surface area contributed by atoms with Gasteiger partial charge < -0.3 is 15.1 Å². The third-order valence-electron chi connectivity index (χ3n) is 5.11.